The second kappa shape index (κ2) is 7.13. The van der Waals surface area contributed by atoms with Crippen LogP contribution in [0.5, 0.6) is 0 Å². The minimum absolute atomic E-state index is 0.577. The largest absolute Gasteiger partial charge is 0.456 e. The lowest BCUT2D eigenvalue weighted by atomic mass is 9.80. The number of hydrogen-bond donors (Lipinski definition) is 1. The summed E-state index contributed by atoms with van der Waals surface area (Å²) >= 11 is 5.23. The van der Waals surface area contributed by atoms with E-state index in [1.807, 2.05) is 66.7 Å². The van der Waals surface area contributed by atoms with E-state index in [2.05, 4.69) is 46.3 Å². The molecule has 1 aromatic heterocycles. The van der Waals surface area contributed by atoms with Crippen LogP contribution in [-0.4, -0.2) is 5.11 Å². The first-order chi connectivity index (χ1) is 15.2. The van der Waals surface area contributed by atoms with E-state index in [1.165, 1.54) is 0 Å². The third-order valence-corrected chi connectivity index (χ3v) is 7.50. The van der Waals surface area contributed by atoms with Gasteiger partial charge in [-0.15, -0.1) is 0 Å². The molecule has 4 heteroatoms. The monoisotopic (exact) mass is 484 g/mol. The highest BCUT2D eigenvalue weighted by atomic mass is 79.9. The van der Waals surface area contributed by atoms with E-state index in [-0.39, 0.29) is 0 Å². The molecule has 0 aliphatic carbocycles. The Morgan fingerprint density at radius 2 is 1.48 bits per heavy atom. The van der Waals surface area contributed by atoms with Crippen molar-refractivity contribution in [2.45, 2.75) is 15.4 Å². The number of furan rings is 1. The highest BCUT2D eigenvalue weighted by Crippen LogP contribution is 2.55. The highest BCUT2D eigenvalue weighted by molar-refractivity contribution is 9.10. The maximum Gasteiger partial charge on any atom is 0.175 e. The van der Waals surface area contributed by atoms with E-state index in [4.69, 9.17) is 4.42 Å². The van der Waals surface area contributed by atoms with E-state index in [0.29, 0.717) is 5.76 Å². The first kappa shape index (κ1) is 18.9. The number of fused-ring (bicyclic) bond motifs is 4. The van der Waals surface area contributed by atoms with Crippen molar-refractivity contribution in [1.29, 1.82) is 0 Å². The third-order valence-electron chi connectivity index (χ3n) is 5.82. The number of hydrogen-bond acceptors (Lipinski definition) is 3. The van der Waals surface area contributed by atoms with Crippen LogP contribution in [0.25, 0.3) is 22.1 Å². The lowest BCUT2D eigenvalue weighted by Gasteiger charge is -2.34. The van der Waals surface area contributed by atoms with Crippen molar-refractivity contribution in [3.05, 3.63) is 118 Å². The van der Waals surface area contributed by atoms with E-state index in [1.54, 1.807) is 11.8 Å². The Hall–Kier alpha value is -2.79. The fourth-order valence-electron chi connectivity index (χ4n) is 4.41. The number of halogens is 1. The summed E-state index contributed by atoms with van der Waals surface area (Å²) < 4.78 is 7.35. The number of rotatable bonds is 2. The van der Waals surface area contributed by atoms with Crippen LogP contribution in [-0.2, 0) is 5.60 Å². The van der Waals surface area contributed by atoms with Gasteiger partial charge in [0.1, 0.15) is 5.58 Å². The normalized spacial score (nSPS) is 17.4. The van der Waals surface area contributed by atoms with Crippen molar-refractivity contribution in [1.82, 2.24) is 0 Å². The summed E-state index contributed by atoms with van der Waals surface area (Å²) in [4.78, 5) is 1.99. The molecule has 150 valence electrons. The molecule has 1 aliphatic heterocycles. The van der Waals surface area contributed by atoms with Gasteiger partial charge >= 0.3 is 0 Å². The molecule has 0 saturated carbocycles. The molecule has 2 nitrogen and oxygen atoms in total. The van der Waals surface area contributed by atoms with E-state index in [9.17, 15) is 5.11 Å². The molecule has 0 saturated heterocycles. The van der Waals surface area contributed by atoms with E-state index < -0.39 is 5.60 Å². The Morgan fingerprint density at radius 1 is 0.774 bits per heavy atom. The van der Waals surface area contributed by atoms with Gasteiger partial charge in [0, 0.05) is 25.9 Å². The van der Waals surface area contributed by atoms with Crippen LogP contribution < -0.4 is 0 Å². The molecule has 1 N–H and O–H groups in total. The molecular formula is C27H17BrO2S. The van der Waals surface area contributed by atoms with Gasteiger partial charge in [0.15, 0.2) is 11.4 Å². The van der Waals surface area contributed by atoms with Crippen LogP contribution in [0, 0.1) is 0 Å². The first-order valence-corrected chi connectivity index (χ1v) is 11.6. The van der Waals surface area contributed by atoms with Crippen LogP contribution >= 0.6 is 27.7 Å². The molecule has 6 rings (SSSR count). The minimum Gasteiger partial charge on any atom is -0.456 e. The fourth-order valence-corrected chi connectivity index (χ4v) is 6.01. The average Bonchev–Trinajstić information content (AvgIpc) is 3.18. The Labute approximate surface area is 192 Å². The topological polar surface area (TPSA) is 33.4 Å². The minimum atomic E-state index is -1.41. The van der Waals surface area contributed by atoms with Gasteiger partial charge in [-0.3, -0.25) is 0 Å². The summed E-state index contributed by atoms with van der Waals surface area (Å²) in [5.41, 5.74) is 3.06. The predicted octanol–water partition coefficient (Wildman–Crippen LogP) is 7.61. The summed E-state index contributed by atoms with van der Waals surface area (Å²) in [6.07, 6.45) is 0. The molecule has 1 unspecified atom stereocenters. The van der Waals surface area contributed by atoms with Crippen LogP contribution in [0.3, 0.4) is 0 Å². The van der Waals surface area contributed by atoms with Crippen LogP contribution in [0.2, 0.25) is 0 Å². The SMILES string of the molecule is OC1(c2ccccc2-c2ccccc2)c2ccccc2Sc2c1oc1ccc(Br)cc21. The smallest absolute Gasteiger partial charge is 0.175 e. The molecule has 5 aromatic rings. The fraction of sp³-hybridized carbons (Fsp3) is 0.0370. The van der Waals surface area contributed by atoms with Crippen LogP contribution in [0.4, 0.5) is 0 Å². The summed E-state index contributed by atoms with van der Waals surface area (Å²) in [5, 5.41) is 13.5. The summed E-state index contributed by atoms with van der Waals surface area (Å²) in [6.45, 7) is 0. The van der Waals surface area contributed by atoms with Gasteiger partial charge in [-0.25, -0.2) is 0 Å². The van der Waals surface area contributed by atoms with Crippen molar-refractivity contribution >= 4 is 38.7 Å². The molecule has 0 amide bonds. The lowest BCUT2D eigenvalue weighted by molar-refractivity contribution is 0.0938. The molecule has 1 atom stereocenters. The Morgan fingerprint density at radius 3 is 2.32 bits per heavy atom. The zero-order valence-corrected chi connectivity index (χ0v) is 18.8. The van der Waals surface area contributed by atoms with Gasteiger partial charge in [0.25, 0.3) is 0 Å². The Bertz CT molecular complexity index is 1440. The van der Waals surface area contributed by atoms with Crippen molar-refractivity contribution in [3.63, 3.8) is 0 Å². The van der Waals surface area contributed by atoms with Gasteiger partial charge in [0.2, 0.25) is 0 Å². The number of benzene rings is 4. The Balaban J connectivity index is 1.71. The van der Waals surface area contributed by atoms with E-state index >= 15 is 0 Å². The molecule has 2 heterocycles. The molecule has 0 bridgehead atoms. The molecule has 1 aliphatic rings. The van der Waals surface area contributed by atoms with Crippen molar-refractivity contribution in [2.75, 3.05) is 0 Å². The molecule has 0 fully saturated rings. The van der Waals surface area contributed by atoms with Crippen LogP contribution in [0.1, 0.15) is 16.9 Å². The summed E-state index contributed by atoms with van der Waals surface area (Å²) in [7, 11) is 0. The van der Waals surface area contributed by atoms with Gasteiger partial charge in [-0.1, -0.05) is 100 Å². The van der Waals surface area contributed by atoms with Gasteiger partial charge < -0.3 is 9.52 Å². The van der Waals surface area contributed by atoms with Crippen molar-refractivity contribution in [2.24, 2.45) is 0 Å². The first-order valence-electron chi connectivity index (χ1n) is 10.0. The lowest BCUT2D eigenvalue weighted by Crippen LogP contribution is -2.32. The zero-order chi connectivity index (χ0) is 21.0. The van der Waals surface area contributed by atoms with Gasteiger partial charge in [-0.2, -0.15) is 0 Å². The standard InChI is InChI=1S/C27H17BrO2S/c28-18-14-15-23-20(16-18)25-26(30-23)27(29,22-12-6-7-13-24(22)31-25)21-11-5-4-10-19(21)17-8-2-1-3-9-17/h1-16,29H. The maximum absolute atomic E-state index is 12.5. The molecular weight excluding hydrogens is 468 g/mol. The number of aliphatic hydroxyl groups is 1. The summed E-state index contributed by atoms with van der Waals surface area (Å²) in [6, 6.07) is 32.3. The zero-order valence-electron chi connectivity index (χ0n) is 16.4. The average molecular weight is 485 g/mol. The maximum atomic E-state index is 12.5. The predicted molar refractivity (Wildman–Crippen MR) is 128 cm³/mol. The van der Waals surface area contributed by atoms with Gasteiger partial charge in [0.05, 0.1) is 4.90 Å². The van der Waals surface area contributed by atoms with Gasteiger partial charge in [-0.05, 0) is 35.4 Å². The second-order valence-corrected chi connectivity index (χ2v) is 9.59. The molecule has 31 heavy (non-hydrogen) atoms. The second-order valence-electron chi connectivity index (χ2n) is 7.62. The molecule has 0 spiro atoms. The highest BCUT2D eigenvalue weighted by Gasteiger charge is 2.46. The third kappa shape index (κ3) is 2.83. The van der Waals surface area contributed by atoms with Crippen LogP contribution in [0.15, 0.2) is 116 Å². The quantitative estimate of drug-likeness (QED) is 0.279. The van der Waals surface area contributed by atoms with E-state index in [0.717, 1.165) is 47.5 Å². The molecule has 4 aromatic carbocycles. The molecule has 0 radical (unpaired) electrons. The van der Waals surface area contributed by atoms with Crippen molar-refractivity contribution in [3.8, 4) is 11.1 Å². The Kier molecular flexibility index (Phi) is 4.35. The summed E-state index contributed by atoms with van der Waals surface area (Å²) in [5.74, 6) is 0.577. The van der Waals surface area contributed by atoms with Crippen molar-refractivity contribution < 1.29 is 9.52 Å².